The first-order valence-electron chi connectivity index (χ1n) is 6.55. The Hall–Kier alpha value is -0.730. The van der Waals surface area contributed by atoms with Crippen LogP contribution in [0.4, 0.5) is 5.69 Å². The van der Waals surface area contributed by atoms with Crippen LogP contribution in [0.1, 0.15) is 36.8 Å². The van der Waals surface area contributed by atoms with Gasteiger partial charge in [0.2, 0.25) is 0 Å². The van der Waals surface area contributed by atoms with Crippen LogP contribution in [0.25, 0.3) is 0 Å². The molecule has 0 unspecified atom stereocenters. The first-order valence-corrected chi connectivity index (χ1v) is 6.92. The molecule has 1 aliphatic heterocycles. The zero-order chi connectivity index (χ0) is 11.8. The number of nitrogens with zero attached hydrogens (tertiary/aromatic N) is 1. The normalized spacial score (nSPS) is 21.7. The van der Waals surface area contributed by atoms with Gasteiger partial charge in [0.25, 0.3) is 0 Å². The minimum Gasteiger partial charge on any atom is -0.398 e. The molecular formula is C14H19ClN2. The van der Waals surface area contributed by atoms with Crippen molar-refractivity contribution in [3.05, 3.63) is 28.3 Å². The van der Waals surface area contributed by atoms with Gasteiger partial charge in [-0.2, -0.15) is 0 Å². The fraction of sp³-hybridized carbons (Fsp3) is 0.571. The number of nitrogens with two attached hydrogens (primary N) is 1. The Morgan fingerprint density at radius 2 is 2.00 bits per heavy atom. The molecule has 1 fully saturated rings. The van der Waals surface area contributed by atoms with Gasteiger partial charge in [-0.05, 0) is 42.5 Å². The molecule has 0 amide bonds. The summed E-state index contributed by atoms with van der Waals surface area (Å²) in [6, 6.07) is 4.77. The number of anilines is 1. The first kappa shape index (κ1) is 11.4. The van der Waals surface area contributed by atoms with Crippen LogP contribution in [0, 0.1) is 0 Å². The van der Waals surface area contributed by atoms with Crippen LogP contribution < -0.4 is 5.73 Å². The minimum absolute atomic E-state index is 0.773. The third-order valence-corrected chi connectivity index (χ3v) is 4.42. The second kappa shape index (κ2) is 4.51. The molecule has 1 heterocycles. The average Bonchev–Trinajstić information content (AvgIpc) is 2.81. The molecule has 17 heavy (non-hydrogen) atoms. The molecule has 3 rings (SSSR count). The summed E-state index contributed by atoms with van der Waals surface area (Å²) in [5, 5.41) is 0.773. The van der Waals surface area contributed by atoms with E-state index in [1.165, 1.54) is 36.8 Å². The highest BCUT2D eigenvalue weighted by Gasteiger charge is 2.26. The summed E-state index contributed by atoms with van der Waals surface area (Å²) in [6.07, 6.45) is 6.60. The van der Waals surface area contributed by atoms with Gasteiger partial charge in [-0.1, -0.05) is 24.4 Å². The van der Waals surface area contributed by atoms with Gasteiger partial charge in [-0.3, -0.25) is 4.90 Å². The van der Waals surface area contributed by atoms with Gasteiger partial charge in [0.1, 0.15) is 0 Å². The molecule has 0 atom stereocenters. The molecule has 0 saturated heterocycles. The minimum atomic E-state index is 0.773. The molecule has 1 aliphatic carbocycles. The van der Waals surface area contributed by atoms with E-state index in [9.17, 15) is 0 Å². The van der Waals surface area contributed by atoms with Gasteiger partial charge in [0.05, 0.1) is 0 Å². The zero-order valence-corrected chi connectivity index (χ0v) is 10.8. The van der Waals surface area contributed by atoms with Crippen LogP contribution in [0.3, 0.4) is 0 Å². The maximum absolute atomic E-state index is 6.09. The summed E-state index contributed by atoms with van der Waals surface area (Å²) < 4.78 is 0. The lowest BCUT2D eigenvalue weighted by molar-refractivity contribution is 0.181. The Kier molecular flexibility index (Phi) is 3.01. The van der Waals surface area contributed by atoms with Gasteiger partial charge in [-0.15, -0.1) is 0 Å². The van der Waals surface area contributed by atoms with Crippen molar-refractivity contribution in [3.63, 3.8) is 0 Å². The molecule has 1 aromatic carbocycles. The van der Waals surface area contributed by atoms with Crippen LogP contribution in [-0.2, 0) is 13.0 Å². The van der Waals surface area contributed by atoms with Gasteiger partial charge in [0.15, 0.2) is 0 Å². The van der Waals surface area contributed by atoms with E-state index in [-0.39, 0.29) is 0 Å². The van der Waals surface area contributed by atoms with Gasteiger partial charge >= 0.3 is 0 Å². The van der Waals surface area contributed by atoms with Crippen molar-refractivity contribution in [3.8, 4) is 0 Å². The maximum atomic E-state index is 6.09. The Balaban J connectivity index is 1.84. The molecule has 0 aromatic heterocycles. The van der Waals surface area contributed by atoms with E-state index >= 15 is 0 Å². The Bertz CT molecular complexity index is 424. The molecular weight excluding hydrogens is 232 g/mol. The van der Waals surface area contributed by atoms with E-state index in [1.54, 1.807) is 0 Å². The quantitative estimate of drug-likeness (QED) is 0.776. The second-order valence-corrected chi connectivity index (χ2v) is 5.73. The molecule has 0 spiro atoms. The third kappa shape index (κ3) is 2.16. The summed E-state index contributed by atoms with van der Waals surface area (Å²) >= 11 is 6.09. The predicted molar refractivity (Wildman–Crippen MR) is 72.2 cm³/mol. The highest BCUT2D eigenvalue weighted by atomic mass is 35.5. The first-order chi connectivity index (χ1) is 8.24. The van der Waals surface area contributed by atoms with Crippen molar-refractivity contribution in [2.24, 2.45) is 0 Å². The monoisotopic (exact) mass is 250 g/mol. The summed E-state index contributed by atoms with van der Waals surface area (Å²) in [5.41, 5.74) is 9.58. The lowest BCUT2D eigenvalue weighted by Gasteiger charge is -2.34. The van der Waals surface area contributed by atoms with E-state index in [2.05, 4.69) is 11.0 Å². The smallest absolute Gasteiger partial charge is 0.0429 e. The van der Waals surface area contributed by atoms with E-state index in [0.29, 0.717) is 0 Å². The van der Waals surface area contributed by atoms with Crippen molar-refractivity contribution in [2.75, 3.05) is 12.3 Å². The third-order valence-electron chi connectivity index (χ3n) is 4.21. The highest BCUT2D eigenvalue weighted by molar-refractivity contribution is 6.31. The van der Waals surface area contributed by atoms with Crippen LogP contribution in [-0.4, -0.2) is 17.5 Å². The topological polar surface area (TPSA) is 29.3 Å². The largest absolute Gasteiger partial charge is 0.398 e. The number of hydrogen-bond acceptors (Lipinski definition) is 2. The van der Waals surface area contributed by atoms with Crippen LogP contribution in [0.2, 0.25) is 5.02 Å². The zero-order valence-electron chi connectivity index (χ0n) is 10.1. The maximum Gasteiger partial charge on any atom is 0.0429 e. The van der Waals surface area contributed by atoms with Crippen molar-refractivity contribution < 1.29 is 0 Å². The standard InChI is InChI=1S/C14H19ClN2/c15-11-7-10-9-17(12-3-1-2-4-12)6-5-13(10)14(16)8-11/h7-8,12H,1-6,9,16H2. The molecule has 3 heteroatoms. The second-order valence-electron chi connectivity index (χ2n) is 5.29. The van der Waals surface area contributed by atoms with Crippen LogP contribution in [0.5, 0.6) is 0 Å². The number of nitrogen functional groups attached to an aromatic ring is 1. The van der Waals surface area contributed by atoms with E-state index < -0.39 is 0 Å². The molecule has 0 bridgehead atoms. The summed E-state index contributed by atoms with van der Waals surface area (Å²) in [4.78, 5) is 2.62. The predicted octanol–water partition coefficient (Wildman–Crippen LogP) is 3.22. The summed E-state index contributed by atoms with van der Waals surface area (Å²) in [7, 11) is 0. The molecule has 0 radical (unpaired) electrons. The number of fused-ring (bicyclic) bond motifs is 1. The highest BCUT2D eigenvalue weighted by Crippen LogP contribution is 2.32. The van der Waals surface area contributed by atoms with E-state index in [1.807, 2.05) is 6.07 Å². The van der Waals surface area contributed by atoms with Crippen molar-refractivity contribution in [1.82, 2.24) is 4.90 Å². The van der Waals surface area contributed by atoms with E-state index in [4.69, 9.17) is 17.3 Å². The van der Waals surface area contributed by atoms with Gasteiger partial charge in [-0.25, -0.2) is 0 Å². The van der Waals surface area contributed by atoms with Crippen molar-refractivity contribution in [1.29, 1.82) is 0 Å². The fourth-order valence-corrected chi connectivity index (χ4v) is 3.55. The molecule has 92 valence electrons. The van der Waals surface area contributed by atoms with E-state index in [0.717, 1.165) is 36.3 Å². The molecule has 2 N–H and O–H groups in total. The Morgan fingerprint density at radius 1 is 1.24 bits per heavy atom. The number of rotatable bonds is 1. The number of benzene rings is 1. The lowest BCUT2D eigenvalue weighted by atomic mass is 9.96. The number of halogens is 1. The van der Waals surface area contributed by atoms with Gasteiger partial charge in [0, 0.05) is 29.8 Å². The van der Waals surface area contributed by atoms with Crippen LogP contribution >= 0.6 is 11.6 Å². The molecule has 2 nitrogen and oxygen atoms in total. The SMILES string of the molecule is Nc1cc(Cl)cc2c1CCN(C1CCCC1)C2. The molecule has 1 saturated carbocycles. The fourth-order valence-electron chi connectivity index (χ4n) is 3.30. The Labute approximate surface area is 108 Å². The van der Waals surface area contributed by atoms with Crippen molar-refractivity contribution >= 4 is 17.3 Å². The molecule has 2 aliphatic rings. The number of hydrogen-bond donors (Lipinski definition) is 1. The lowest BCUT2D eigenvalue weighted by Crippen LogP contribution is -2.37. The Morgan fingerprint density at radius 3 is 2.76 bits per heavy atom. The average molecular weight is 251 g/mol. The van der Waals surface area contributed by atoms with Crippen LogP contribution in [0.15, 0.2) is 12.1 Å². The van der Waals surface area contributed by atoms with Gasteiger partial charge < -0.3 is 5.73 Å². The van der Waals surface area contributed by atoms with Crippen molar-refractivity contribution in [2.45, 2.75) is 44.7 Å². The summed E-state index contributed by atoms with van der Waals surface area (Å²) in [6.45, 7) is 2.19. The summed E-state index contributed by atoms with van der Waals surface area (Å²) in [5.74, 6) is 0. The molecule has 1 aromatic rings.